The summed E-state index contributed by atoms with van der Waals surface area (Å²) < 4.78 is 0. The van der Waals surface area contributed by atoms with Crippen LogP contribution in [-0.2, 0) is 4.79 Å². The molecule has 5 heteroatoms. The predicted molar refractivity (Wildman–Crippen MR) is 73.5 cm³/mol. The van der Waals surface area contributed by atoms with Crippen LogP contribution < -0.4 is 10.6 Å². The molecule has 1 rings (SSSR count). The molecule has 0 aromatic rings. The van der Waals surface area contributed by atoms with Crippen LogP contribution in [0.5, 0.6) is 0 Å². The van der Waals surface area contributed by atoms with Crippen LogP contribution in [0.2, 0.25) is 0 Å². The van der Waals surface area contributed by atoms with Gasteiger partial charge in [0.1, 0.15) is 0 Å². The minimum absolute atomic E-state index is 0. The van der Waals surface area contributed by atoms with Crippen molar-refractivity contribution in [1.29, 1.82) is 0 Å². The summed E-state index contributed by atoms with van der Waals surface area (Å²) in [5.41, 5.74) is 0. The lowest BCUT2D eigenvalue weighted by atomic mass is 9.95. The second kappa shape index (κ2) is 9.14. The summed E-state index contributed by atoms with van der Waals surface area (Å²) in [7, 11) is 1.87. The van der Waals surface area contributed by atoms with Crippen molar-refractivity contribution in [2.75, 3.05) is 19.8 Å². The fraction of sp³-hybridized carbons (Fsp3) is 0.909. The fourth-order valence-electron chi connectivity index (χ4n) is 2.03. The summed E-state index contributed by atoms with van der Waals surface area (Å²) in [5.74, 6) is 0.191. The Balaban J connectivity index is 0.00000225. The normalized spacial score (nSPS) is 24.6. The van der Waals surface area contributed by atoms with Gasteiger partial charge in [0.05, 0.1) is 0 Å². The van der Waals surface area contributed by atoms with Crippen molar-refractivity contribution in [3.63, 3.8) is 0 Å². The molecule has 0 aromatic heterocycles. The maximum Gasteiger partial charge on any atom is 0.221 e. The van der Waals surface area contributed by atoms with Crippen molar-refractivity contribution < 1.29 is 4.79 Å². The highest BCUT2D eigenvalue weighted by atomic mass is 35.5. The molecule has 16 heavy (non-hydrogen) atoms. The molecule has 3 nitrogen and oxygen atoms in total. The number of thioether (sulfide) groups is 1. The number of rotatable bonds is 5. The van der Waals surface area contributed by atoms with Gasteiger partial charge in [0.25, 0.3) is 0 Å². The van der Waals surface area contributed by atoms with Crippen molar-refractivity contribution in [3.8, 4) is 0 Å². The van der Waals surface area contributed by atoms with Gasteiger partial charge < -0.3 is 10.6 Å². The van der Waals surface area contributed by atoms with E-state index >= 15 is 0 Å². The van der Waals surface area contributed by atoms with Crippen LogP contribution in [0.15, 0.2) is 0 Å². The smallest absolute Gasteiger partial charge is 0.221 e. The number of carbonyl (C=O) groups is 1. The third kappa shape index (κ3) is 5.97. The van der Waals surface area contributed by atoms with E-state index in [1.54, 1.807) is 0 Å². The third-order valence-corrected chi connectivity index (χ3v) is 4.02. The minimum atomic E-state index is 0. The molecule has 2 atom stereocenters. The Hall–Kier alpha value is 0.0700. The molecule has 96 valence electrons. The van der Waals surface area contributed by atoms with Crippen molar-refractivity contribution in [1.82, 2.24) is 10.6 Å². The molecule has 1 fully saturated rings. The van der Waals surface area contributed by atoms with E-state index in [0.29, 0.717) is 12.5 Å². The summed E-state index contributed by atoms with van der Waals surface area (Å²) >= 11 is 1.93. The monoisotopic (exact) mass is 266 g/mol. The van der Waals surface area contributed by atoms with E-state index in [2.05, 4.69) is 16.9 Å². The van der Waals surface area contributed by atoms with Crippen molar-refractivity contribution in [3.05, 3.63) is 0 Å². The van der Waals surface area contributed by atoms with E-state index in [1.807, 2.05) is 18.8 Å². The molecule has 0 aliphatic heterocycles. The standard InChI is InChI=1S/C11H22N2OS.ClH/c1-12-7-6-11(14)13-9-4-3-5-10(8-9)15-2;/h9-10,12H,3-8H2,1-2H3,(H,13,14);1H. The fourth-order valence-corrected chi connectivity index (χ4v) is 2.86. The predicted octanol–water partition coefficient (Wildman–Crippen LogP) is 1.81. The van der Waals surface area contributed by atoms with Gasteiger partial charge in [-0.15, -0.1) is 12.4 Å². The molecule has 0 aromatic carbocycles. The summed E-state index contributed by atoms with van der Waals surface area (Å²) in [4.78, 5) is 11.5. The Labute approximate surface area is 109 Å². The van der Waals surface area contributed by atoms with E-state index in [-0.39, 0.29) is 18.3 Å². The maximum absolute atomic E-state index is 11.5. The highest BCUT2D eigenvalue weighted by molar-refractivity contribution is 7.99. The second-order valence-electron chi connectivity index (χ2n) is 4.14. The van der Waals surface area contributed by atoms with E-state index in [1.165, 1.54) is 12.8 Å². The zero-order chi connectivity index (χ0) is 11.1. The van der Waals surface area contributed by atoms with Gasteiger partial charge in [-0.1, -0.05) is 6.42 Å². The van der Waals surface area contributed by atoms with E-state index in [9.17, 15) is 4.79 Å². The van der Waals surface area contributed by atoms with E-state index in [0.717, 1.165) is 24.6 Å². The summed E-state index contributed by atoms with van der Waals surface area (Å²) in [5, 5.41) is 6.86. The van der Waals surface area contributed by atoms with Crippen LogP contribution in [-0.4, -0.2) is 37.0 Å². The van der Waals surface area contributed by atoms with Crippen LogP contribution in [0.3, 0.4) is 0 Å². The van der Waals surface area contributed by atoms with Crippen molar-refractivity contribution in [2.24, 2.45) is 0 Å². The molecular weight excluding hydrogens is 244 g/mol. The Bertz CT molecular complexity index is 204. The van der Waals surface area contributed by atoms with E-state index < -0.39 is 0 Å². The lowest BCUT2D eigenvalue weighted by Crippen LogP contribution is -2.39. The number of nitrogens with one attached hydrogen (secondary N) is 2. The zero-order valence-corrected chi connectivity index (χ0v) is 11.8. The number of carbonyl (C=O) groups excluding carboxylic acids is 1. The van der Waals surface area contributed by atoms with Crippen LogP contribution in [0, 0.1) is 0 Å². The van der Waals surface area contributed by atoms with Crippen LogP contribution in [0.1, 0.15) is 32.1 Å². The molecule has 0 saturated heterocycles. The first-order valence-electron chi connectivity index (χ1n) is 5.73. The first kappa shape index (κ1) is 16.1. The minimum Gasteiger partial charge on any atom is -0.353 e. The SMILES string of the molecule is CNCCC(=O)NC1CCCC(SC)C1.Cl. The van der Waals surface area contributed by atoms with E-state index in [4.69, 9.17) is 0 Å². The Morgan fingerprint density at radius 3 is 2.81 bits per heavy atom. The van der Waals surface area contributed by atoms with Crippen LogP contribution in [0.4, 0.5) is 0 Å². The maximum atomic E-state index is 11.5. The summed E-state index contributed by atoms with van der Waals surface area (Å²) in [6, 6.07) is 0.417. The van der Waals surface area contributed by atoms with Gasteiger partial charge in [0.15, 0.2) is 0 Å². The number of halogens is 1. The number of hydrogen-bond donors (Lipinski definition) is 2. The highest BCUT2D eigenvalue weighted by Gasteiger charge is 2.22. The Morgan fingerprint density at radius 1 is 1.44 bits per heavy atom. The van der Waals surface area contributed by atoms with Crippen LogP contribution >= 0.6 is 24.2 Å². The molecule has 0 bridgehead atoms. The molecule has 2 unspecified atom stereocenters. The lowest BCUT2D eigenvalue weighted by Gasteiger charge is -2.28. The first-order valence-corrected chi connectivity index (χ1v) is 7.01. The average Bonchev–Trinajstić information content (AvgIpc) is 2.26. The van der Waals surface area contributed by atoms with Gasteiger partial charge in [-0.2, -0.15) is 11.8 Å². The van der Waals surface area contributed by atoms with Gasteiger partial charge in [-0.05, 0) is 32.6 Å². The lowest BCUT2D eigenvalue weighted by molar-refractivity contribution is -0.121. The molecule has 1 amide bonds. The van der Waals surface area contributed by atoms with Gasteiger partial charge in [-0.25, -0.2) is 0 Å². The second-order valence-corrected chi connectivity index (χ2v) is 5.28. The van der Waals surface area contributed by atoms with Crippen LogP contribution in [0.25, 0.3) is 0 Å². The Morgan fingerprint density at radius 2 is 2.19 bits per heavy atom. The molecular formula is C11H23ClN2OS. The van der Waals surface area contributed by atoms with Gasteiger partial charge in [0.2, 0.25) is 5.91 Å². The van der Waals surface area contributed by atoms with Crippen molar-refractivity contribution in [2.45, 2.75) is 43.4 Å². The van der Waals surface area contributed by atoms with Crippen molar-refractivity contribution >= 4 is 30.1 Å². The zero-order valence-electron chi connectivity index (χ0n) is 10.1. The summed E-state index contributed by atoms with van der Waals surface area (Å²) in [6.07, 6.45) is 7.62. The summed E-state index contributed by atoms with van der Waals surface area (Å²) in [6.45, 7) is 0.768. The van der Waals surface area contributed by atoms with Gasteiger partial charge >= 0.3 is 0 Å². The molecule has 1 aliphatic rings. The molecule has 0 heterocycles. The molecule has 0 radical (unpaired) electrons. The molecule has 1 aliphatic carbocycles. The molecule has 0 spiro atoms. The Kier molecular flexibility index (Phi) is 9.18. The first-order chi connectivity index (χ1) is 7.26. The molecule has 2 N–H and O–H groups in total. The quantitative estimate of drug-likeness (QED) is 0.798. The average molecular weight is 267 g/mol. The number of amides is 1. The topological polar surface area (TPSA) is 41.1 Å². The number of hydrogen-bond acceptors (Lipinski definition) is 3. The third-order valence-electron chi connectivity index (χ3n) is 2.93. The highest BCUT2D eigenvalue weighted by Crippen LogP contribution is 2.26. The molecule has 1 saturated carbocycles. The van der Waals surface area contributed by atoms with Gasteiger partial charge in [0, 0.05) is 24.3 Å². The largest absolute Gasteiger partial charge is 0.353 e. The van der Waals surface area contributed by atoms with Gasteiger partial charge in [-0.3, -0.25) is 4.79 Å².